The van der Waals surface area contributed by atoms with Crippen LogP contribution in [0, 0.1) is 6.92 Å². The van der Waals surface area contributed by atoms with Gasteiger partial charge in [-0.2, -0.15) is 0 Å². The zero-order chi connectivity index (χ0) is 12.7. The van der Waals surface area contributed by atoms with Crippen molar-refractivity contribution < 1.29 is 8.78 Å². The number of hydrogen-bond acceptors (Lipinski definition) is 1. The SMILES string of the molecule is Cc1ccc(C(C)(F)F)c(C2(N)CCCC2)c1. The second kappa shape index (κ2) is 4.05. The highest BCUT2D eigenvalue weighted by atomic mass is 19.3. The number of aryl methyl sites for hydroxylation is 1. The summed E-state index contributed by atoms with van der Waals surface area (Å²) in [4.78, 5) is 0. The van der Waals surface area contributed by atoms with Crippen LogP contribution < -0.4 is 5.73 Å². The first-order valence-corrected chi connectivity index (χ1v) is 6.11. The molecule has 0 bridgehead atoms. The summed E-state index contributed by atoms with van der Waals surface area (Å²) < 4.78 is 27.2. The fourth-order valence-corrected chi connectivity index (χ4v) is 2.73. The van der Waals surface area contributed by atoms with Gasteiger partial charge < -0.3 is 5.73 Å². The molecule has 0 aromatic heterocycles. The van der Waals surface area contributed by atoms with Crippen LogP contribution in [0.4, 0.5) is 8.78 Å². The minimum atomic E-state index is -2.82. The topological polar surface area (TPSA) is 26.0 Å². The standard InChI is InChI=1S/C14H19F2N/c1-10-5-6-11(13(2,15)16)12(9-10)14(17)7-3-4-8-14/h5-6,9H,3-4,7-8,17H2,1-2H3. The fourth-order valence-electron chi connectivity index (χ4n) is 2.73. The maximum Gasteiger partial charge on any atom is 0.270 e. The van der Waals surface area contributed by atoms with E-state index in [0.29, 0.717) is 5.56 Å². The molecular weight excluding hydrogens is 220 g/mol. The summed E-state index contributed by atoms with van der Waals surface area (Å²) in [6.07, 6.45) is 3.66. The summed E-state index contributed by atoms with van der Waals surface area (Å²) >= 11 is 0. The van der Waals surface area contributed by atoms with Gasteiger partial charge in [-0.3, -0.25) is 0 Å². The zero-order valence-corrected chi connectivity index (χ0v) is 10.4. The van der Waals surface area contributed by atoms with Gasteiger partial charge in [0, 0.05) is 18.0 Å². The van der Waals surface area contributed by atoms with Crippen LogP contribution in [0.1, 0.15) is 49.3 Å². The van der Waals surface area contributed by atoms with Gasteiger partial charge in [0.15, 0.2) is 0 Å². The smallest absolute Gasteiger partial charge is 0.270 e. The van der Waals surface area contributed by atoms with Crippen molar-refractivity contribution in [2.45, 2.75) is 51.0 Å². The highest BCUT2D eigenvalue weighted by Crippen LogP contribution is 2.42. The Bertz CT molecular complexity index is 415. The summed E-state index contributed by atoms with van der Waals surface area (Å²) in [6, 6.07) is 5.09. The molecule has 3 heteroatoms. The van der Waals surface area contributed by atoms with E-state index in [1.165, 1.54) is 6.07 Å². The molecule has 0 atom stereocenters. The van der Waals surface area contributed by atoms with Gasteiger partial charge in [-0.25, -0.2) is 8.78 Å². The molecule has 1 nitrogen and oxygen atoms in total. The summed E-state index contributed by atoms with van der Waals surface area (Å²) in [5, 5.41) is 0. The van der Waals surface area contributed by atoms with E-state index in [4.69, 9.17) is 5.73 Å². The van der Waals surface area contributed by atoms with Crippen LogP contribution >= 0.6 is 0 Å². The maximum absolute atomic E-state index is 13.6. The second-order valence-corrected chi connectivity index (χ2v) is 5.30. The van der Waals surface area contributed by atoms with E-state index in [0.717, 1.165) is 38.2 Å². The third-order valence-electron chi connectivity index (χ3n) is 3.68. The van der Waals surface area contributed by atoms with Gasteiger partial charge in [-0.1, -0.05) is 36.6 Å². The summed E-state index contributed by atoms with van der Waals surface area (Å²) in [6.45, 7) is 2.86. The van der Waals surface area contributed by atoms with Crippen molar-refractivity contribution in [1.82, 2.24) is 0 Å². The first-order chi connectivity index (χ1) is 7.83. The van der Waals surface area contributed by atoms with Gasteiger partial charge in [0.25, 0.3) is 5.92 Å². The van der Waals surface area contributed by atoms with Gasteiger partial charge in [-0.05, 0) is 25.3 Å². The number of rotatable bonds is 2. The monoisotopic (exact) mass is 239 g/mol. The first-order valence-electron chi connectivity index (χ1n) is 6.11. The Morgan fingerprint density at radius 3 is 2.35 bits per heavy atom. The van der Waals surface area contributed by atoms with Crippen molar-refractivity contribution in [3.8, 4) is 0 Å². The lowest BCUT2D eigenvalue weighted by molar-refractivity contribution is 0.0153. The van der Waals surface area contributed by atoms with Gasteiger partial charge >= 0.3 is 0 Å². The summed E-state index contributed by atoms with van der Waals surface area (Å²) in [5.74, 6) is -2.82. The average molecular weight is 239 g/mol. The second-order valence-electron chi connectivity index (χ2n) is 5.30. The molecule has 0 saturated heterocycles. The third-order valence-corrected chi connectivity index (χ3v) is 3.68. The molecule has 1 aliphatic rings. The van der Waals surface area contributed by atoms with Crippen LogP contribution in [0.3, 0.4) is 0 Å². The predicted molar refractivity (Wildman–Crippen MR) is 65.1 cm³/mol. The quantitative estimate of drug-likeness (QED) is 0.833. The van der Waals surface area contributed by atoms with Gasteiger partial charge in [0.1, 0.15) is 0 Å². The molecule has 0 amide bonds. The molecule has 1 saturated carbocycles. The summed E-state index contributed by atoms with van der Waals surface area (Å²) in [5.41, 5.74) is 7.48. The Morgan fingerprint density at radius 2 is 1.82 bits per heavy atom. The Hall–Kier alpha value is -0.960. The molecule has 1 aromatic rings. The van der Waals surface area contributed by atoms with Crippen LogP contribution in [0.25, 0.3) is 0 Å². The van der Waals surface area contributed by atoms with Crippen LogP contribution in [0.15, 0.2) is 18.2 Å². The normalized spacial score (nSPS) is 19.6. The molecule has 1 fully saturated rings. The molecule has 0 heterocycles. The molecule has 17 heavy (non-hydrogen) atoms. The molecule has 0 spiro atoms. The van der Waals surface area contributed by atoms with Crippen LogP contribution in [-0.4, -0.2) is 0 Å². The van der Waals surface area contributed by atoms with E-state index in [1.807, 2.05) is 13.0 Å². The van der Waals surface area contributed by atoms with E-state index in [-0.39, 0.29) is 5.56 Å². The van der Waals surface area contributed by atoms with Crippen LogP contribution in [0.2, 0.25) is 0 Å². The largest absolute Gasteiger partial charge is 0.321 e. The Morgan fingerprint density at radius 1 is 1.24 bits per heavy atom. The molecule has 94 valence electrons. The zero-order valence-electron chi connectivity index (χ0n) is 10.4. The lowest BCUT2D eigenvalue weighted by atomic mass is 9.83. The van der Waals surface area contributed by atoms with Crippen molar-refractivity contribution >= 4 is 0 Å². The maximum atomic E-state index is 13.6. The average Bonchev–Trinajstić information content (AvgIpc) is 2.64. The fraction of sp³-hybridized carbons (Fsp3) is 0.571. The van der Waals surface area contributed by atoms with Gasteiger partial charge in [-0.15, -0.1) is 0 Å². The van der Waals surface area contributed by atoms with Crippen molar-refractivity contribution in [3.63, 3.8) is 0 Å². The lowest BCUT2D eigenvalue weighted by Gasteiger charge is -2.29. The Balaban J connectivity index is 2.54. The predicted octanol–water partition coefficient (Wildman–Crippen LogP) is 3.83. The lowest BCUT2D eigenvalue weighted by Crippen LogP contribution is -2.35. The van der Waals surface area contributed by atoms with Crippen molar-refractivity contribution in [3.05, 3.63) is 34.9 Å². The minimum absolute atomic E-state index is 0.0903. The molecule has 0 aliphatic heterocycles. The molecule has 0 unspecified atom stereocenters. The number of halogens is 2. The molecule has 1 aromatic carbocycles. The molecule has 2 N–H and O–H groups in total. The van der Waals surface area contributed by atoms with E-state index < -0.39 is 11.5 Å². The molecule has 1 aliphatic carbocycles. The summed E-state index contributed by atoms with van der Waals surface area (Å²) in [7, 11) is 0. The molecular formula is C14H19F2N. The van der Waals surface area contributed by atoms with Gasteiger partial charge in [0.05, 0.1) is 0 Å². The van der Waals surface area contributed by atoms with E-state index in [2.05, 4.69) is 0 Å². The van der Waals surface area contributed by atoms with Crippen molar-refractivity contribution in [1.29, 1.82) is 0 Å². The number of nitrogens with two attached hydrogens (primary N) is 1. The van der Waals surface area contributed by atoms with E-state index in [1.54, 1.807) is 6.07 Å². The number of hydrogen-bond donors (Lipinski definition) is 1. The molecule has 0 radical (unpaired) electrons. The third kappa shape index (κ3) is 2.34. The van der Waals surface area contributed by atoms with Crippen LogP contribution in [-0.2, 0) is 11.5 Å². The minimum Gasteiger partial charge on any atom is -0.321 e. The van der Waals surface area contributed by atoms with Crippen molar-refractivity contribution in [2.24, 2.45) is 5.73 Å². The highest BCUT2D eigenvalue weighted by Gasteiger charge is 2.38. The van der Waals surface area contributed by atoms with E-state index >= 15 is 0 Å². The first kappa shape index (κ1) is 12.5. The highest BCUT2D eigenvalue weighted by molar-refractivity contribution is 5.39. The van der Waals surface area contributed by atoms with Crippen molar-refractivity contribution in [2.75, 3.05) is 0 Å². The van der Waals surface area contributed by atoms with E-state index in [9.17, 15) is 8.78 Å². The Labute approximate surface area is 101 Å². The van der Waals surface area contributed by atoms with Gasteiger partial charge in [0.2, 0.25) is 0 Å². The molecule has 2 rings (SSSR count). The number of alkyl halides is 2. The van der Waals surface area contributed by atoms with Crippen LogP contribution in [0.5, 0.6) is 0 Å². The number of benzene rings is 1. The Kier molecular flexibility index (Phi) is 2.98.